The van der Waals surface area contributed by atoms with Crippen molar-refractivity contribution in [1.82, 2.24) is 10.2 Å². The Morgan fingerprint density at radius 3 is 2.76 bits per heavy atom. The molecule has 1 N–H and O–H groups in total. The average molecular weight is 336 g/mol. The molecular weight excluding hydrogens is 308 g/mol. The monoisotopic (exact) mass is 336 g/mol. The fourth-order valence-corrected chi connectivity index (χ4v) is 3.81. The predicted molar refractivity (Wildman–Crippen MR) is 103 cm³/mol. The predicted octanol–water partition coefficient (Wildman–Crippen LogP) is 3.66. The summed E-state index contributed by atoms with van der Waals surface area (Å²) in [6.45, 7) is 3.26. The van der Waals surface area contributed by atoms with E-state index in [9.17, 15) is 4.79 Å². The topological polar surface area (TPSA) is 32.3 Å². The van der Waals surface area contributed by atoms with Gasteiger partial charge in [0.25, 0.3) is 0 Å². The molecule has 0 unspecified atom stereocenters. The summed E-state index contributed by atoms with van der Waals surface area (Å²) < 4.78 is 0. The summed E-state index contributed by atoms with van der Waals surface area (Å²) in [6.07, 6.45) is 4.36. The number of fused-ring (bicyclic) bond motifs is 1. The van der Waals surface area contributed by atoms with Gasteiger partial charge in [0.1, 0.15) is 0 Å². The minimum absolute atomic E-state index is 0.110. The third kappa shape index (κ3) is 4.49. The average Bonchev–Trinajstić information content (AvgIpc) is 2.62. The van der Waals surface area contributed by atoms with E-state index < -0.39 is 0 Å². The van der Waals surface area contributed by atoms with Gasteiger partial charge in [0.05, 0.1) is 6.54 Å². The first-order chi connectivity index (χ1) is 12.1. The SMILES string of the molecule is Cc1ccccc1CCNC(=O)CN(C)[C@H]1CCCc2ccccc21. The Balaban J connectivity index is 1.51. The van der Waals surface area contributed by atoms with E-state index in [4.69, 9.17) is 0 Å². The van der Waals surface area contributed by atoms with Gasteiger partial charge < -0.3 is 5.32 Å². The molecule has 0 heterocycles. The van der Waals surface area contributed by atoms with Crippen molar-refractivity contribution in [3.63, 3.8) is 0 Å². The van der Waals surface area contributed by atoms with Crippen LogP contribution in [0.4, 0.5) is 0 Å². The van der Waals surface area contributed by atoms with Crippen molar-refractivity contribution in [2.75, 3.05) is 20.1 Å². The zero-order chi connectivity index (χ0) is 17.6. The van der Waals surface area contributed by atoms with Crippen LogP contribution in [0.1, 0.15) is 41.1 Å². The molecule has 0 aliphatic heterocycles. The van der Waals surface area contributed by atoms with Gasteiger partial charge in [0.15, 0.2) is 0 Å². The maximum atomic E-state index is 12.3. The van der Waals surface area contributed by atoms with Crippen molar-refractivity contribution in [3.05, 3.63) is 70.8 Å². The summed E-state index contributed by atoms with van der Waals surface area (Å²) in [5.41, 5.74) is 5.42. The van der Waals surface area contributed by atoms with E-state index in [1.54, 1.807) is 0 Å². The van der Waals surface area contributed by atoms with Gasteiger partial charge in [-0.1, -0.05) is 48.5 Å². The molecule has 1 atom stereocenters. The maximum absolute atomic E-state index is 12.3. The van der Waals surface area contributed by atoms with Crippen molar-refractivity contribution >= 4 is 5.91 Å². The van der Waals surface area contributed by atoms with E-state index in [-0.39, 0.29) is 5.91 Å². The van der Waals surface area contributed by atoms with E-state index in [1.807, 2.05) is 6.07 Å². The highest BCUT2D eigenvalue weighted by Crippen LogP contribution is 2.33. The number of likely N-dealkylation sites (N-methyl/N-ethyl adjacent to an activating group) is 1. The maximum Gasteiger partial charge on any atom is 0.234 e. The highest BCUT2D eigenvalue weighted by molar-refractivity contribution is 5.78. The minimum atomic E-state index is 0.110. The second-order valence-electron chi connectivity index (χ2n) is 7.05. The summed E-state index contributed by atoms with van der Waals surface area (Å²) >= 11 is 0. The standard InChI is InChI=1S/C22H28N2O/c1-17-8-3-4-9-18(17)14-15-23-22(25)16-24(2)21-13-7-11-19-10-5-6-12-20(19)21/h3-6,8-10,12,21H,7,11,13-16H2,1-2H3,(H,23,25)/t21-/m0/s1. The quantitative estimate of drug-likeness (QED) is 0.873. The van der Waals surface area contributed by atoms with Crippen molar-refractivity contribution in [2.24, 2.45) is 0 Å². The number of nitrogens with one attached hydrogen (secondary N) is 1. The van der Waals surface area contributed by atoms with Gasteiger partial charge >= 0.3 is 0 Å². The highest BCUT2D eigenvalue weighted by atomic mass is 16.2. The van der Waals surface area contributed by atoms with Gasteiger partial charge in [-0.3, -0.25) is 9.69 Å². The minimum Gasteiger partial charge on any atom is -0.355 e. The molecular formula is C22H28N2O. The lowest BCUT2D eigenvalue weighted by molar-refractivity contribution is -0.122. The largest absolute Gasteiger partial charge is 0.355 e. The second kappa shape index (κ2) is 8.30. The number of nitrogens with zero attached hydrogens (tertiary/aromatic N) is 1. The van der Waals surface area contributed by atoms with E-state index in [0.29, 0.717) is 19.1 Å². The Labute approximate surface area is 151 Å². The molecule has 2 aromatic rings. The molecule has 0 spiro atoms. The summed E-state index contributed by atoms with van der Waals surface area (Å²) in [7, 11) is 2.06. The second-order valence-corrected chi connectivity index (χ2v) is 7.05. The molecule has 0 saturated carbocycles. The lowest BCUT2D eigenvalue weighted by atomic mass is 9.87. The lowest BCUT2D eigenvalue weighted by Gasteiger charge is -2.32. The lowest BCUT2D eigenvalue weighted by Crippen LogP contribution is -2.38. The number of amides is 1. The van der Waals surface area contributed by atoms with Crippen LogP contribution >= 0.6 is 0 Å². The zero-order valence-corrected chi connectivity index (χ0v) is 15.3. The van der Waals surface area contributed by atoms with Crippen molar-refractivity contribution < 1.29 is 4.79 Å². The van der Waals surface area contributed by atoms with Gasteiger partial charge in [-0.05, 0) is 61.9 Å². The Bertz CT molecular complexity index is 725. The molecule has 3 rings (SSSR count). The van der Waals surface area contributed by atoms with E-state index in [2.05, 4.69) is 66.7 Å². The van der Waals surface area contributed by atoms with Crippen LogP contribution in [0.5, 0.6) is 0 Å². The van der Waals surface area contributed by atoms with Gasteiger partial charge in [0.2, 0.25) is 5.91 Å². The van der Waals surface area contributed by atoms with Crippen LogP contribution in [0.3, 0.4) is 0 Å². The zero-order valence-electron chi connectivity index (χ0n) is 15.3. The van der Waals surface area contributed by atoms with Gasteiger partial charge in [0, 0.05) is 12.6 Å². The normalized spacial score (nSPS) is 16.5. The Kier molecular flexibility index (Phi) is 5.87. The number of benzene rings is 2. The molecule has 25 heavy (non-hydrogen) atoms. The Morgan fingerprint density at radius 2 is 1.92 bits per heavy atom. The first-order valence-electron chi connectivity index (χ1n) is 9.24. The third-order valence-electron chi connectivity index (χ3n) is 5.24. The molecule has 0 bridgehead atoms. The van der Waals surface area contributed by atoms with Gasteiger partial charge in [-0.25, -0.2) is 0 Å². The molecule has 132 valence electrons. The Hall–Kier alpha value is -2.13. The van der Waals surface area contributed by atoms with Crippen LogP contribution in [-0.2, 0) is 17.6 Å². The van der Waals surface area contributed by atoms with Crippen LogP contribution in [0.2, 0.25) is 0 Å². The smallest absolute Gasteiger partial charge is 0.234 e. The van der Waals surface area contributed by atoms with Crippen molar-refractivity contribution in [1.29, 1.82) is 0 Å². The number of carbonyl (C=O) groups is 1. The fraction of sp³-hybridized carbons (Fsp3) is 0.409. The molecule has 0 radical (unpaired) electrons. The summed E-state index contributed by atoms with van der Waals surface area (Å²) in [5, 5.41) is 3.07. The van der Waals surface area contributed by atoms with Gasteiger partial charge in [-0.2, -0.15) is 0 Å². The molecule has 0 fully saturated rings. The van der Waals surface area contributed by atoms with Crippen LogP contribution in [0, 0.1) is 6.92 Å². The van der Waals surface area contributed by atoms with E-state index >= 15 is 0 Å². The first-order valence-corrected chi connectivity index (χ1v) is 9.24. The van der Waals surface area contributed by atoms with Crippen LogP contribution < -0.4 is 5.32 Å². The highest BCUT2D eigenvalue weighted by Gasteiger charge is 2.24. The number of hydrogen-bond acceptors (Lipinski definition) is 2. The number of aryl methyl sites for hydroxylation is 2. The Morgan fingerprint density at radius 1 is 1.16 bits per heavy atom. The number of carbonyl (C=O) groups excluding carboxylic acids is 1. The van der Waals surface area contributed by atoms with Gasteiger partial charge in [-0.15, -0.1) is 0 Å². The molecule has 3 nitrogen and oxygen atoms in total. The molecule has 0 aromatic heterocycles. The van der Waals surface area contributed by atoms with Crippen molar-refractivity contribution in [2.45, 2.75) is 38.6 Å². The van der Waals surface area contributed by atoms with Crippen LogP contribution in [0.25, 0.3) is 0 Å². The molecule has 0 saturated heterocycles. The molecule has 2 aromatic carbocycles. The van der Waals surface area contributed by atoms with E-state index in [1.165, 1.54) is 28.7 Å². The molecule has 1 aliphatic rings. The summed E-state index contributed by atoms with van der Waals surface area (Å²) in [6, 6.07) is 17.4. The first kappa shape index (κ1) is 17.7. The number of rotatable bonds is 6. The molecule has 1 aliphatic carbocycles. The summed E-state index contributed by atoms with van der Waals surface area (Å²) in [5.74, 6) is 0.110. The summed E-state index contributed by atoms with van der Waals surface area (Å²) in [4.78, 5) is 14.5. The third-order valence-corrected chi connectivity index (χ3v) is 5.24. The van der Waals surface area contributed by atoms with Crippen LogP contribution in [0.15, 0.2) is 48.5 Å². The fourth-order valence-electron chi connectivity index (χ4n) is 3.81. The van der Waals surface area contributed by atoms with Crippen LogP contribution in [-0.4, -0.2) is 30.9 Å². The van der Waals surface area contributed by atoms with Crippen molar-refractivity contribution in [3.8, 4) is 0 Å². The van der Waals surface area contributed by atoms with E-state index in [0.717, 1.165) is 19.3 Å². The molecule has 3 heteroatoms. The number of hydrogen-bond donors (Lipinski definition) is 1. The molecule has 1 amide bonds.